The summed E-state index contributed by atoms with van der Waals surface area (Å²) in [6.45, 7) is 12.7. The van der Waals surface area contributed by atoms with Crippen molar-refractivity contribution in [3.63, 3.8) is 0 Å². The minimum atomic E-state index is 0.0467. The molecule has 7 rings (SSSR count). The van der Waals surface area contributed by atoms with Crippen LogP contribution in [0.15, 0.2) is 11.6 Å². The van der Waals surface area contributed by atoms with Crippen LogP contribution >= 0.6 is 0 Å². The maximum atomic E-state index is 11.7. The molecule has 2 bridgehead atoms. The molecule has 0 amide bonds. The average molecular weight is 455 g/mol. The van der Waals surface area contributed by atoms with Crippen molar-refractivity contribution in [2.24, 2.45) is 52.3 Å². The largest absolute Gasteiger partial charge is 0.373 e. The Morgan fingerprint density at radius 3 is 2.79 bits per heavy atom. The Balaban J connectivity index is 1.32. The molecule has 0 N–H and O–H groups in total. The molecule has 5 aliphatic carbocycles. The van der Waals surface area contributed by atoms with Crippen molar-refractivity contribution < 1.29 is 14.3 Å². The minimum Gasteiger partial charge on any atom is -0.373 e. The quantitative estimate of drug-likeness (QED) is 0.439. The minimum absolute atomic E-state index is 0.0467. The first-order valence-electron chi connectivity index (χ1n) is 14.2. The van der Waals surface area contributed by atoms with Crippen LogP contribution in [-0.2, 0) is 14.3 Å². The van der Waals surface area contributed by atoms with Crippen LogP contribution in [0.5, 0.6) is 0 Å². The smallest absolute Gasteiger partial charge is 0.155 e. The SMILES string of the molecule is CC(=O)COC1CCC23OCC1C1CCC4C(=CCC5CC(CC(C)C)CCC54C)C12C3C. The number of rotatable bonds is 5. The first-order chi connectivity index (χ1) is 15.7. The number of hydrogen-bond acceptors (Lipinski definition) is 3. The third-order valence-electron chi connectivity index (χ3n) is 11.9. The zero-order valence-corrected chi connectivity index (χ0v) is 21.7. The van der Waals surface area contributed by atoms with Crippen molar-refractivity contribution in [1.82, 2.24) is 0 Å². The summed E-state index contributed by atoms with van der Waals surface area (Å²) in [5.41, 5.74) is 2.61. The molecule has 10 atom stereocenters. The second-order valence-corrected chi connectivity index (χ2v) is 13.6. The Morgan fingerprint density at radius 1 is 1.21 bits per heavy atom. The maximum Gasteiger partial charge on any atom is 0.155 e. The summed E-state index contributed by atoms with van der Waals surface area (Å²) in [6, 6.07) is 0. The van der Waals surface area contributed by atoms with Gasteiger partial charge in [0.2, 0.25) is 0 Å². The fourth-order valence-electron chi connectivity index (χ4n) is 10.6. The molecule has 4 saturated carbocycles. The lowest BCUT2D eigenvalue weighted by Crippen LogP contribution is -2.53. The standard InChI is InChI=1S/C30H46O3/c1-18(2)14-21-10-12-28(5)22(15-21)6-7-26-25(28)9-8-24-23-17-33-29(20(4)30(24,26)29)13-11-27(23)32-16-19(3)31/h7,18,20-25,27H,6,8-17H2,1-5H3. The van der Waals surface area contributed by atoms with Gasteiger partial charge < -0.3 is 9.47 Å². The summed E-state index contributed by atoms with van der Waals surface area (Å²) in [5.74, 6) is 5.32. The third kappa shape index (κ3) is 2.97. The molecule has 2 heterocycles. The second kappa shape index (κ2) is 7.66. The fourth-order valence-corrected chi connectivity index (χ4v) is 10.6. The fraction of sp³-hybridized carbons (Fsp3) is 0.900. The number of ketones is 1. The number of fused-ring (bicyclic) bond motifs is 6. The second-order valence-electron chi connectivity index (χ2n) is 13.6. The molecule has 3 heteroatoms. The zero-order valence-electron chi connectivity index (χ0n) is 21.7. The molecule has 2 aliphatic heterocycles. The van der Waals surface area contributed by atoms with Crippen LogP contribution in [0.4, 0.5) is 0 Å². The van der Waals surface area contributed by atoms with Crippen molar-refractivity contribution in [2.45, 2.75) is 104 Å². The molecular formula is C30H46O3. The zero-order chi connectivity index (χ0) is 23.2. The third-order valence-corrected chi connectivity index (χ3v) is 11.9. The number of carbonyl (C=O) groups is 1. The number of carbonyl (C=O) groups excluding carboxylic acids is 1. The van der Waals surface area contributed by atoms with E-state index in [0.29, 0.717) is 23.2 Å². The molecule has 10 unspecified atom stereocenters. The normalized spacial score (nSPS) is 52.2. The van der Waals surface area contributed by atoms with Gasteiger partial charge in [-0.2, -0.15) is 0 Å². The summed E-state index contributed by atoms with van der Waals surface area (Å²) >= 11 is 0. The number of ether oxygens (including phenoxy) is 2. The molecule has 33 heavy (non-hydrogen) atoms. The van der Waals surface area contributed by atoms with Gasteiger partial charge in [-0.1, -0.05) is 39.3 Å². The highest BCUT2D eigenvalue weighted by Gasteiger charge is 2.84. The van der Waals surface area contributed by atoms with Crippen molar-refractivity contribution in [3.8, 4) is 0 Å². The van der Waals surface area contributed by atoms with Crippen molar-refractivity contribution in [1.29, 1.82) is 0 Å². The van der Waals surface area contributed by atoms with Crippen molar-refractivity contribution in [2.75, 3.05) is 13.2 Å². The van der Waals surface area contributed by atoms with E-state index >= 15 is 0 Å². The van der Waals surface area contributed by atoms with Gasteiger partial charge in [0.25, 0.3) is 0 Å². The molecule has 0 radical (unpaired) electrons. The van der Waals surface area contributed by atoms with Gasteiger partial charge in [0.1, 0.15) is 6.61 Å². The highest BCUT2D eigenvalue weighted by Crippen LogP contribution is 2.83. The van der Waals surface area contributed by atoms with Crippen LogP contribution in [0, 0.1) is 52.3 Å². The Bertz CT molecular complexity index is 845. The van der Waals surface area contributed by atoms with Gasteiger partial charge in [-0.3, -0.25) is 4.79 Å². The maximum absolute atomic E-state index is 11.7. The molecule has 2 spiro atoms. The Kier molecular flexibility index (Phi) is 5.29. The molecule has 2 saturated heterocycles. The number of allylic oxidation sites excluding steroid dienone is 1. The van der Waals surface area contributed by atoms with Gasteiger partial charge in [-0.15, -0.1) is 0 Å². The van der Waals surface area contributed by atoms with E-state index in [2.05, 4.69) is 33.8 Å². The molecular weight excluding hydrogens is 408 g/mol. The number of Topliss-reactive ketones (excluding diaryl/α,β-unsaturated/α-hetero) is 1. The average Bonchev–Trinajstić information content (AvgIpc) is 3.40. The predicted molar refractivity (Wildman–Crippen MR) is 131 cm³/mol. The molecule has 0 aromatic carbocycles. The van der Waals surface area contributed by atoms with Crippen LogP contribution in [-0.4, -0.2) is 30.7 Å². The molecule has 3 nitrogen and oxygen atoms in total. The molecule has 184 valence electrons. The first-order valence-corrected chi connectivity index (χ1v) is 14.2. The lowest BCUT2D eigenvalue weighted by molar-refractivity contribution is -0.134. The summed E-state index contributed by atoms with van der Waals surface area (Å²) in [7, 11) is 0. The van der Waals surface area contributed by atoms with E-state index in [1.807, 2.05) is 5.57 Å². The van der Waals surface area contributed by atoms with Crippen molar-refractivity contribution in [3.05, 3.63) is 11.6 Å². The highest BCUT2D eigenvalue weighted by atomic mass is 16.5. The van der Waals surface area contributed by atoms with E-state index in [4.69, 9.17) is 9.47 Å². The summed E-state index contributed by atoms with van der Waals surface area (Å²) < 4.78 is 13.1. The molecule has 0 aromatic heterocycles. The van der Waals surface area contributed by atoms with Crippen LogP contribution < -0.4 is 0 Å². The summed E-state index contributed by atoms with van der Waals surface area (Å²) in [4.78, 5) is 11.7. The Labute approximate surface area is 201 Å². The van der Waals surface area contributed by atoms with E-state index in [1.165, 1.54) is 44.9 Å². The van der Waals surface area contributed by atoms with Gasteiger partial charge in [-0.05, 0) is 106 Å². The lowest BCUT2D eigenvalue weighted by Gasteiger charge is -2.59. The van der Waals surface area contributed by atoms with Crippen LogP contribution in [0.3, 0.4) is 0 Å². The van der Waals surface area contributed by atoms with Gasteiger partial charge in [0.15, 0.2) is 5.78 Å². The summed E-state index contributed by atoms with van der Waals surface area (Å²) in [5, 5.41) is 0. The first kappa shape index (κ1) is 22.8. The van der Waals surface area contributed by atoms with Crippen LogP contribution in [0.25, 0.3) is 0 Å². The van der Waals surface area contributed by atoms with Gasteiger partial charge in [0.05, 0.1) is 18.3 Å². The monoisotopic (exact) mass is 454 g/mol. The molecule has 0 aromatic rings. The van der Waals surface area contributed by atoms with Crippen LogP contribution in [0.2, 0.25) is 0 Å². The highest BCUT2D eigenvalue weighted by molar-refractivity contribution is 5.76. The van der Waals surface area contributed by atoms with E-state index in [9.17, 15) is 4.79 Å². The predicted octanol–water partition coefficient (Wildman–Crippen LogP) is 6.60. The van der Waals surface area contributed by atoms with Crippen LogP contribution in [0.1, 0.15) is 92.4 Å². The van der Waals surface area contributed by atoms with Gasteiger partial charge in [0, 0.05) is 11.3 Å². The summed E-state index contributed by atoms with van der Waals surface area (Å²) in [6.07, 6.45) is 14.8. The Hall–Kier alpha value is -0.670. The molecule has 6 fully saturated rings. The Morgan fingerprint density at radius 2 is 2.03 bits per heavy atom. The van der Waals surface area contributed by atoms with E-state index in [1.54, 1.807) is 6.92 Å². The lowest BCUT2D eigenvalue weighted by atomic mass is 9.47. The van der Waals surface area contributed by atoms with Gasteiger partial charge >= 0.3 is 0 Å². The van der Waals surface area contributed by atoms with Crippen molar-refractivity contribution >= 4 is 5.78 Å². The molecule has 7 aliphatic rings. The van der Waals surface area contributed by atoms with E-state index in [0.717, 1.165) is 43.1 Å². The number of hydrogen-bond donors (Lipinski definition) is 0. The van der Waals surface area contributed by atoms with Gasteiger partial charge in [-0.25, -0.2) is 0 Å². The van der Waals surface area contributed by atoms with E-state index in [-0.39, 0.29) is 29.5 Å². The van der Waals surface area contributed by atoms with E-state index < -0.39 is 0 Å². The topological polar surface area (TPSA) is 35.5 Å².